The highest BCUT2D eigenvalue weighted by molar-refractivity contribution is 5.33. The third-order valence-electron chi connectivity index (χ3n) is 1.85. The van der Waals surface area contributed by atoms with Gasteiger partial charge in [0.15, 0.2) is 11.6 Å². The lowest BCUT2D eigenvalue weighted by molar-refractivity contribution is 0.485. The fraction of sp³-hybridized carbons (Fsp3) is 0.600. The Morgan fingerprint density at radius 1 is 1.60 bits per heavy atom. The van der Waals surface area contributed by atoms with Gasteiger partial charge in [0, 0.05) is 19.3 Å². The Hall–Kier alpha value is -1.39. The summed E-state index contributed by atoms with van der Waals surface area (Å²) in [5.41, 5.74) is -0.416. The topological polar surface area (TPSA) is 46.9 Å². The molecule has 1 aromatic rings. The zero-order valence-corrected chi connectivity index (χ0v) is 9.25. The second-order valence-electron chi connectivity index (χ2n) is 3.80. The first-order chi connectivity index (χ1) is 7.04. The van der Waals surface area contributed by atoms with E-state index >= 15 is 0 Å². The van der Waals surface area contributed by atoms with Gasteiger partial charge in [-0.25, -0.2) is 9.18 Å². The van der Waals surface area contributed by atoms with Crippen molar-refractivity contribution in [3.63, 3.8) is 0 Å². The maximum absolute atomic E-state index is 13.4. The summed E-state index contributed by atoms with van der Waals surface area (Å²) < 4.78 is 14.7. The molecule has 15 heavy (non-hydrogen) atoms. The summed E-state index contributed by atoms with van der Waals surface area (Å²) in [7, 11) is 0. The molecule has 0 radical (unpaired) electrons. The molecule has 84 valence electrons. The number of rotatable bonds is 4. The molecule has 0 unspecified atom stereocenters. The molecule has 4 nitrogen and oxygen atoms in total. The van der Waals surface area contributed by atoms with Crippen LogP contribution in [0.4, 0.5) is 10.2 Å². The van der Waals surface area contributed by atoms with Gasteiger partial charge in [-0.05, 0) is 12.8 Å². The predicted octanol–water partition coefficient (Wildman–Crippen LogP) is 1.47. The Bertz CT molecular complexity index is 387. The van der Waals surface area contributed by atoms with E-state index in [0.29, 0.717) is 13.1 Å². The summed E-state index contributed by atoms with van der Waals surface area (Å²) in [5, 5.41) is 2.70. The van der Waals surface area contributed by atoms with E-state index in [4.69, 9.17) is 0 Å². The second kappa shape index (κ2) is 4.91. The van der Waals surface area contributed by atoms with Crippen LogP contribution in [0.2, 0.25) is 0 Å². The molecule has 1 N–H and O–H groups in total. The molecule has 0 aromatic carbocycles. The summed E-state index contributed by atoms with van der Waals surface area (Å²) in [6.07, 6.45) is 1.20. The average molecular weight is 213 g/mol. The van der Waals surface area contributed by atoms with Crippen LogP contribution in [-0.4, -0.2) is 16.1 Å². The van der Waals surface area contributed by atoms with Crippen molar-refractivity contribution in [2.75, 3.05) is 11.9 Å². The van der Waals surface area contributed by atoms with E-state index in [-0.39, 0.29) is 11.7 Å². The molecule has 1 heterocycles. The lowest BCUT2D eigenvalue weighted by Gasteiger charge is -2.09. The van der Waals surface area contributed by atoms with Gasteiger partial charge in [0.2, 0.25) is 0 Å². The Balaban J connectivity index is 3.03. The Morgan fingerprint density at radius 3 is 2.80 bits per heavy atom. The van der Waals surface area contributed by atoms with Gasteiger partial charge in [-0.2, -0.15) is 4.98 Å². The SMILES string of the molecule is CCNc1nc(=O)n(CC(C)C)cc1F. The van der Waals surface area contributed by atoms with Crippen molar-refractivity contribution in [3.8, 4) is 0 Å². The van der Waals surface area contributed by atoms with Crippen LogP contribution < -0.4 is 11.0 Å². The summed E-state index contributed by atoms with van der Waals surface area (Å²) in [6.45, 7) is 6.76. The molecule has 5 heteroatoms. The number of hydrogen-bond donors (Lipinski definition) is 1. The summed E-state index contributed by atoms with van der Waals surface area (Å²) in [5.74, 6) is -0.173. The van der Waals surface area contributed by atoms with Crippen molar-refractivity contribution in [1.82, 2.24) is 9.55 Å². The second-order valence-corrected chi connectivity index (χ2v) is 3.80. The molecular weight excluding hydrogens is 197 g/mol. The standard InChI is InChI=1S/C10H16FN3O/c1-4-12-9-8(11)6-14(5-7(2)3)10(15)13-9/h6-7H,4-5H2,1-3H3,(H,12,13,15). The monoisotopic (exact) mass is 213 g/mol. The Morgan fingerprint density at radius 2 is 2.27 bits per heavy atom. The molecule has 0 amide bonds. The Labute approximate surface area is 88.1 Å². The van der Waals surface area contributed by atoms with Crippen molar-refractivity contribution in [3.05, 3.63) is 22.5 Å². The minimum atomic E-state index is -0.489. The van der Waals surface area contributed by atoms with Crippen molar-refractivity contribution in [1.29, 1.82) is 0 Å². The van der Waals surface area contributed by atoms with E-state index in [1.807, 2.05) is 20.8 Å². The van der Waals surface area contributed by atoms with E-state index < -0.39 is 11.5 Å². The quantitative estimate of drug-likeness (QED) is 0.823. The van der Waals surface area contributed by atoms with Crippen molar-refractivity contribution >= 4 is 5.82 Å². The van der Waals surface area contributed by atoms with Crippen LogP contribution >= 0.6 is 0 Å². The molecule has 1 rings (SSSR count). The van der Waals surface area contributed by atoms with Gasteiger partial charge in [0.25, 0.3) is 0 Å². The minimum Gasteiger partial charge on any atom is -0.368 e. The first-order valence-corrected chi connectivity index (χ1v) is 5.05. The van der Waals surface area contributed by atoms with Crippen molar-refractivity contribution in [2.24, 2.45) is 5.92 Å². The third kappa shape index (κ3) is 3.04. The number of nitrogens with one attached hydrogen (secondary N) is 1. The van der Waals surface area contributed by atoms with Gasteiger partial charge in [-0.15, -0.1) is 0 Å². The maximum atomic E-state index is 13.4. The molecule has 0 aliphatic carbocycles. The maximum Gasteiger partial charge on any atom is 0.349 e. The van der Waals surface area contributed by atoms with Gasteiger partial charge in [-0.3, -0.25) is 4.57 Å². The van der Waals surface area contributed by atoms with Gasteiger partial charge in [0.1, 0.15) is 0 Å². The fourth-order valence-corrected chi connectivity index (χ4v) is 1.28. The van der Waals surface area contributed by atoms with Gasteiger partial charge in [-0.1, -0.05) is 13.8 Å². The highest BCUT2D eigenvalue weighted by Crippen LogP contribution is 2.07. The molecule has 0 saturated heterocycles. The zero-order chi connectivity index (χ0) is 11.4. The number of nitrogens with zero attached hydrogens (tertiary/aromatic N) is 2. The molecular formula is C10H16FN3O. The predicted molar refractivity (Wildman–Crippen MR) is 57.5 cm³/mol. The summed E-state index contributed by atoms with van der Waals surface area (Å²) in [4.78, 5) is 15.1. The van der Waals surface area contributed by atoms with E-state index in [9.17, 15) is 9.18 Å². The lowest BCUT2D eigenvalue weighted by atomic mass is 10.2. The molecule has 0 atom stereocenters. The summed E-state index contributed by atoms with van der Waals surface area (Å²) in [6, 6.07) is 0. The van der Waals surface area contributed by atoms with Crippen LogP contribution in [0.15, 0.2) is 11.0 Å². The van der Waals surface area contributed by atoms with Crippen LogP contribution in [0.5, 0.6) is 0 Å². The summed E-state index contributed by atoms with van der Waals surface area (Å²) >= 11 is 0. The third-order valence-corrected chi connectivity index (χ3v) is 1.85. The lowest BCUT2D eigenvalue weighted by Crippen LogP contribution is -2.26. The van der Waals surface area contributed by atoms with Gasteiger partial charge in [0.05, 0.1) is 0 Å². The molecule has 0 saturated carbocycles. The first-order valence-electron chi connectivity index (χ1n) is 5.05. The highest BCUT2D eigenvalue weighted by atomic mass is 19.1. The largest absolute Gasteiger partial charge is 0.368 e. The normalized spacial score (nSPS) is 10.7. The molecule has 0 bridgehead atoms. The molecule has 0 aliphatic rings. The number of halogens is 1. The number of aromatic nitrogens is 2. The van der Waals surface area contributed by atoms with E-state index in [1.54, 1.807) is 0 Å². The van der Waals surface area contributed by atoms with Crippen molar-refractivity contribution in [2.45, 2.75) is 27.3 Å². The molecule has 0 aliphatic heterocycles. The van der Waals surface area contributed by atoms with E-state index in [2.05, 4.69) is 10.3 Å². The fourth-order valence-electron chi connectivity index (χ4n) is 1.28. The number of hydrogen-bond acceptors (Lipinski definition) is 3. The van der Waals surface area contributed by atoms with Crippen molar-refractivity contribution < 1.29 is 4.39 Å². The van der Waals surface area contributed by atoms with Crippen LogP contribution in [0.25, 0.3) is 0 Å². The van der Waals surface area contributed by atoms with Crippen LogP contribution in [0, 0.1) is 11.7 Å². The minimum absolute atomic E-state index is 0.0301. The molecule has 0 spiro atoms. The van der Waals surface area contributed by atoms with E-state index in [1.165, 1.54) is 10.8 Å². The van der Waals surface area contributed by atoms with Crippen LogP contribution in [-0.2, 0) is 6.54 Å². The number of anilines is 1. The highest BCUT2D eigenvalue weighted by Gasteiger charge is 2.08. The van der Waals surface area contributed by atoms with Crippen LogP contribution in [0.3, 0.4) is 0 Å². The van der Waals surface area contributed by atoms with Crippen LogP contribution in [0.1, 0.15) is 20.8 Å². The zero-order valence-electron chi connectivity index (χ0n) is 9.25. The van der Waals surface area contributed by atoms with Gasteiger partial charge >= 0.3 is 5.69 Å². The average Bonchev–Trinajstić information content (AvgIpc) is 2.13. The first kappa shape index (κ1) is 11.7. The van der Waals surface area contributed by atoms with Gasteiger partial charge < -0.3 is 5.32 Å². The van der Waals surface area contributed by atoms with E-state index in [0.717, 1.165) is 0 Å². The molecule has 0 fully saturated rings. The smallest absolute Gasteiger partial charge is 0.349 e. The molecule has 1 aromatic heterocycles. The Kier molecular flexibility index (Phi) is 3.82.